The molecule has 0 saturated heterocycles. The molecule has 17 heavy (non-hydrogen) atoms. The number of pyridine rings is 1. The van der Waals surface area contributed by atoms with Crippen molar-refractivity contribution in [3.63, 3.8) is 0 Å². The van der Waals surface area contributed by atoms with Gasteiger partial charge < -0.3 is 10.7 Å². The second-order valence-electron chi connectivity index (χ2n) is 4.42. The van der Waals surface area contributed by atoms with Crippen LogP contribution >= 0.6 is 0 Å². The molecule has 0 unspecified atom stereocenters. The maximum atomic E-state index is 11.5. The largest absolute Gasteiger partial charge is 0.345 e. The van der Waals surface area contributed by atoms with Gasteiger partial charge in [0.15, 0.2) is 0 Å². The first kappa shape index (κ1) is 11.5. The van der Waals surface area contributed by atoms with Gasteiger partial charge in [-0.05, 0) is 32.0 Å². The van der Waals surface area contributed by atoms with Gasteiger partial charge in [-0.1, -0.05) is 6.07 Å². The number of nitrogens with zero attached hydrogens (tertiary/aromatic N) is 2. The third-order valence-electron chi connectivity index (χ3n) is 2.37. The summed E-state index contributed by atoms with van der Waals surface area (Å²) in [6, 6.07) is 7.21. The summed E-state index contributed by atoms with van der Waals surface area (Å²) in [5.74, 6) is 0. The Morgan fingerprint density at radius 1 is 1.29 bits per heavy atom. The van der Waals surface area contributed by atoms with Gasteiger partial charge in [0.1, 0.15) is 0 Å². The summed E-state index contributed by atoms with van der Waals surface area (Å²) in [5.41, 5.74) is 6.74. The number of nitrogens with one attached hydrogen (secondary N) is 1. The molecule has 0 radical (unpaired) electrons. The van der Waals surface area contributed by atoms with E-state index in [2.05, 4.69) is 15.0 Å². The first-order chi connectivity index (χ1) is 7.97. The van der Waals surface area contributed by atoms with E-state index in [0.717, 1.165) is 0 Å². The summed E-state index contributed by atoms with van der Waals surface area (Å²) in [5, 5.41) is 0. The summed E-state index contributed by atoms with van der Waals surface area (Å²) in [4.78, 5) is 22.2. The van der Waals surface area contributed by atoms with E-state index in [1.807, 2.05) is 26.0 Å². The molecule has 0 aliphatic heterocycles. The molecule has 0 atom stereocenters. The molecule has 5 nitrogen and oxygen atoms in total. The van der Waals surface area contributed by atoms with Crippen LogP contribution in [0.5, 0.6) is 0 Å². The SMILES string of the molecule is CC(C)(N)c1cc(-c2ccccn2)nc(=O)[nH]1. The van der Waals surface area contributed by atoms with Gasteiger partial charge >= 0.3 is 5.69 Å². The number of rotatable bonds is 2. The van der Waals surface area contributed by atoms with Crippen LogP contribution in [0.15, 0.2) is 35.3 Å². The quantitative estimate of drug-likeness (QED) is 0.806. The van der Waals surface area contributed by atoms with Crippen LogP contribution in [-0.4, -0.2) is 15.0 Å². The van der Waals surface area contributed by atoms with Gasteiger partial charge in [-0.25, -0.2) is 4.79 Å². The molecule has 0 aromatic carbocycles. The summed E-state index contributed by atoms with van der Waals surface area (Å²) in [7, 11) is 0. The van der Waals surface area contributed by atoms with Crippen LogP contribution in [0.4, 0.5) is 0 Å². The number of hydrogen-bond donors (Lipinski definition) is 2. The van der Waals surface area contributed by atoms with Crippen LogP contribution in [0, 0.1) is 0 Å². The Balaban J connectivity index is 2.58. The van der Waals surface area contributed by atoms with E-state index in [-0.39, 0.29) is 0 Å². The Morgan fingerprint density at radius 2 is 2.06 bits per heavy atom. The molecule has 0 aliphatic rings. The Hall–Kier alpha value is -2.01. The lowest BCUT2D eigenvalue weighted by Gasteiger charge is -2.18. The van der Waals surface area contributed by atoms with Crippen LogP contribution in [0.3, 0.4) is 0 Å². The second-order valence-corrected chi connectivity index (χ2v) is 4.42. The molecular weight excluding hydrogens is 216 g/mol. The fourth-order valence-electron chi connectivity index (χ4n) is 1.45. The minimum Gasteiger partial charge on any atom is -0.321 e. The third-order valence-corrected chi connectivity index (χ3v) is 2.37. The van der Waals surface area contributed by atoms with Crippen LogP contribution in [0.25, 0.3) is 11.4 Å². The maximum Gasteiger partial charge on any atom is 0.345 e. The van der Waals surface area contributed by atoms with Crippen LogP contribution in [0.1, 0.15) is 19.5 Å². The molecule has 2 rings (SSSR count). The molecule has 0 saturated carbocycles. The van der Waals surface area contributed by atoms with Gasteiger partial charge in [0.2, 0.25) is 0 Å². The minimum absolute atomic E-state index is 0.415. The lowest BCUT2D eigenvalue weighted by atomic mass is 10.0. The van der Waals surface area contributed by atoms with Gasteiger partial charge in [0, 0.05) is 11.9 Å². The van der Waals surface area contributed by atoms with Gasteiger partial charge in [0.25, 0.3) is 0 Å². The molecule has 3 N–H and O–H groups in total. The Bertz CT molecular complexity index is 569. The lowest BCUT2D eigenvalue weighted by Crippen LogP contribution is -2.32. The summed E-state index contributed by atoms with van der Waals surface area (Å²) < 4.78 is 0. The molecule has 5 heteroatoms. The van der Waals surface area contributed by atoms with Crippen molar-refractivity contribution < 1.29 is 0 Å². The molecule has 88 valence electrons. The van der Waals surface area contributed by atoms with E-state index in [1.165, 1.54) is 0 Å². The number of H-pyrrole nitrogens is 1. The van der Waals surface area contributed by atoms with Crippen LogP contribution < -0.4 is 11.4 Å². The zero-order valence-corrected chi connectivity index (χ0v) is 9.77. The number of hydrogen-bond acceptors (Lipinski definition) is 4. The molecule has 0 bridgehead atoms. The topological polar surface area (TPSA) is 84.7 Å². The van der Waals surface area contributed by atoms with Crippen molar-refractivity contribution in [3.05, 3.63) is 46.6 Å². The van der Waals surface area contributed by atoms with Crippen molar-refractivity contribution in [3.8, 4) is 11.4 Å². The molecule has 0 spiro atoms. The predicted molar refractivity (Wildman–Crippen MR) is 65.3 cm³/mol. The molecule has 2 aromatic heterocycles. The van der Waals surface area contributed by atoms with Crippen molar-refractivity contribution in [1.29, 1.82) is 0 Å². The van der Waals surface area contributed by atoms with Crippen molar-refractivity contribution in [2.45, 2.75) is 19.4 Å². The Kier molecular flexibility index (Phi) is 2.77. The van der Waals surface area contributed by atoms with Gasteiger partial charge in [-0.2, -0.15) is 4.98 Å². The molecule has 0 fully saturated rings. The van der Waals surface area contributed by atoms with E-state index < -0.39 is 11.2 Å². The van der Waals surface area contributed by atoms with E-state index in [4.69, 9.17) is 5.73 Å². The first-order valence-corrected chi connectivity index (χ1v) is 5.29. The van der Waals surface area contributed by atoms with Crippen molar-refractivity contribution in [2.75, 3.05) is 0 Å². The third kappa shape index (κ3) is 2.57. The van der Waals surface area contributed by atoms with Crippen molar-refractivity contribution in [1.82, 2.24) is 15.0 Å². The zero-order chi connectivity index (χ0) is 12.5. The van der Waals surface area contributed by atoms with Gasteiger partial charge in [-0.3, -0.25) is 4.98 Å². The summed E-state index contributed by atoms with van der Waals surface area (Å²) in [6.07, 6.45) is 1.66. The Labute approximate surface area is 98.7 Å². The number of nitrogens with two attached hydrogens (primary N) is 1. The average Bonchev–Trinajstić information content (AvgIpc) is 2.28. The molecular formula is C12H14N4O. The van der Waals surface area contributed by atoms with E-state index >= 15 is 0 Å². The predicted octanol–water partition coefficient (Wildman–Crippen LogP) is 1.03. The van der Waals surface area contributed by atoms with Crippen molar-refractivity contribution >= 4 is 0 Å². The summed E-state index contributed by atoms with van der Waals surface area (Å²) >= 11 is 0. The summed E-state index contributed by atoms with van der Waals surface area (Å²) in [6.45, 7) is 3.64. The average molecular weight is 230 g/mol. The fourth-order valence-corrected chi connectivity index (χ4v) is 1.45. The highest BCUT2D eigenvalue weighted by Crippen LogP contribution is 2.18. The van der Waals surface area contributed by atoms with E-state index in [0.29, 0.717) is 17.1 Å². The lowest BCUT2D eigenvalue weighted by molar-refractivity contribution is 0.531. The first-order valence-electron chi connectivity index (χ1n) is 5.29. The molecule has 2 heterocycles. The molecule has 0 amide bonds. The van der Waals surface area contributed by atoms with E-state index in [1.54, 1.807) is 18.3 Å². The molecule has 0 aliphatic carbocycles. The normalized spacial score (nSPS) is 11.5. The van der Waals surface area contributed by atoms with Crippen molar-refractivity contribution in [2.24, 2.45) is 5.73 Å². The zero-order valence-electron chi connectivity index (χ0n) is 9.77. The highest BCUT2D eigenvalue weighted by atomic mass is 16.1. The Morgan fingerprint density at radius 3 is 2.65 bits per heavy atom. The van der Waals surface area contributed by atoms with E-state index in [9.17, 15) is 4.79 Å². The minimum atomic E-state index is -0.619. The van der Waals surface area contributed by atoms with Crippen LogP contribution in [0.2, 0.25) is 0 Å². The highest BCUT2D eigenvalue weighted by molar-refractivity contribution is 5.53. The molecule has 2 aromatic rings. The maximum absolute atomic E-state index is 11.5. The standard InChI is InChI=1S/C12H14N4O/c1-12(2,13)10-7-9(15-11(17)16-10)8-5-3-4-6-14-8/h3-7H,13H2,1-2H3,(H,15,16,17). The highest BCUT2D eigenvalue weighted by Gasteiger charge is 2.17. The van der Waals surface area contributed by atoms with Crippen LogP contribution in [-0.2, 0) is 5.54 Å². The monoisotopic (exact) mass is 230 g/mol. The van der Waals surface area contributed by atoms with Gasteiger partial charge in [0.05, 0.1) is 16.9 Å². The van der Waals surface area contributed by atoms with Gasteiger partial charge in [-0.15, -0.1) is 0 Å². The number of aromatic amines is 1. The smallest absolute Gasteiger partial charge is 0.321 e. The fraction of sp³-hybridized carbons (Fsp3) is 0.250. The second kappa shape index (κ2) is 4.10. The number of aromatic nitrogens is 3.